The van der Waals surface area contributed by atoms with Crippen molar-refractivity contribution in [3.63, 3.8) is 0 Å². The molecule has 0 unspecified atom stereocenters. The quantitative estimate of drug-likeness (QED) is 0.866. The van der Waals surface area contributed by atoms with Crippen molar-refractivity contribution in [2.24, 2.45) is 0 Å². The number of aryl methyl sites for hydroxylation is 1. The topological polar surface area (TPSA) is 78.1 Å². The molecule has 0 bridgehead atoms. The number of carbonyl (C=O) groups is 1. The summed E-state index contributed by atoms with van der Waals surface area (Å²) in [5.41, 5.74) is 7.50. The SMILES string of the molecule is COC(=O)c1ccc(Sc2ncccc2N)nc1C. The van der Waals surface area contributed by atoms with E-state index in [9.17, 15) is 4.79 Å². The first-order valence-corrected chi connectivity index (χ1v) is 6.37. The Bertz CT molecular complexity index is 617. The van der Waals surface area contributed by atoms with Gasteiger partial charge in [-0.1, -0.05) is 0 Å². The lowest BCUT2D eigenvalue weighted by molar-refractivity contribution is 0.0599. The van der Waals surface area contributed by atoms with Crippen LogP contribution < -0.4 is 5.73 Å². The predicted molar refractivity (Wildman–Crippen MR) is 73.1 cm³/mol. The van der Waals surface area contributed by atoms with Gasteiger partial charge in [-0.15, -0.1) is 0 Å². The van der Waals surface area contributed by atoms with Gasteiger partial charge in [-0.3, -0.25) is 0 Å². The molecule has 0 fully saturated rings. The summed E-state index contributed by atoms with van der Waals surface area (Å²) in [6, 6.07) is 7.00. The molecule has 0 radical (unpaired) electrons. The first-order valence-electron chi connectivity index (χ1n) is 5.56. The third kappa shape index (κ3) is 3.03. The highest BCUT2D eigenvalue weighted by Crippen LogP contribution is 2.29. The van der Waals surface area contributed by atoms with Crippen LogP contribution in [-0.4, -0.2) is 23.0 Å². The third-order valence-corrected chi connectivity index (χ3v) is 3.44. The lowest BCUT2D eigenvalue weighted by Gasteiger charge is -2.06. The van der Waals surface area contributed by atoms with E-state index in [1.165, 1.54) is 18.9 Å². The van der Waals surface area contributed by atoms with Crippen molar-refractivity contribution in [3.05, 3.63) is 41.7 Å². The lowest BCUT2D eigenvalue weighted by atomic mass is 10.2. The molecule has 2 rings (SSSR count). The van der Waals surface area contributed by atoms with E-state index < -0.39 is 0 Å². The van der Waals surface area contributed by atoms with E-state index in [1.54, 1.807) is 37.4 Å². The highest BCUT2D eigenvalue weighted by Gasteiger charge is 2.12. The highest BCUT2D eigenvalue weighted by molar-refractivity contribution is 7.99. The molecule has 2 heterocycles. The van der Waals surface area contributed by atoms with E-state index in [0.717, 1.165) is 5.03 Å². The second-order valence-corrected chi connectivity index (χ2v) is 4.78. The van der Waals surface area contributed by atoms with Gasteiger partial charge < -0.3 is 10.5 Å². The number of carbonyl (C=O) groups excluding carboxylic acids is 1. The zero-order valence-corrected chi connectivity index (χ0v) is 11.4. The van der Waals surface area contributed by atoms with Crippen molar-refractivity contribution in [2.45, 2.75) is 17.0 Å². The molecule has 0 aliphatic rings. The number of pyridine rings is 2. The Morgan fingerprint density at radius 1 is 1.37 bits per heavy atom. The average Bonchev–Trinajstić information content (AvgIpc) is 2.41. The van der Waals surface area contributed by atoms with Crippen LogP contribution in [0.5, 0.6) is 0 Å². The van der Waals surface area contributed by atoms with Crippen LogP contribution in [0.3, 0.4) is 0 Å². The minimum atomic E-state index is -0.390. The van der Waals surface area contributed by atoms with Crippen LogP contribution in [0.1, 0.15) is 16.1 Å². The Balaban J connectivity index is 2.26. The van der Waals surface area contributed by atoms with E-state index >= 15 is 0 Å². The first kappa shape index (κ1) is 13.4. The van der Waals surface area contributed by atoms with E-state index in [4.69, 9.17) is 5.73 Å². The molecular formula is C13H13N3O2S. The van der Waals surface area contributed by atoms with Crippen molar-refractivity contribution in [3.8, 4) is 0 Å². The molecule has 19 heavy (non-hydrogen) atoms. The summed E-state index contributed by atoms with van der Waals surface area (Å²) in [4.78, 5) is 20.0. The van der Waals surface area contributed by atoms with E-state index in [1.807, 2.05) is 0 Å². The third-order valence-electron chi connectivity index (χ3n) is 2.47. The van der Waals surface area contributed by atoms with Crippen molar-refractivity contribution >= 4 is 23.4 Å². The summed E-state index contributed by atoms with van der Waals surface area (Å²) in [6.45, 7) is 1.76. The molecule has 2 aromatic heterocycles. The maximum atomic E-state index is 11.5. The van der Waals surface area contributed by atoms with Crippen LogP contribution in [0.15, 0.2) is 40.5 Å². The number of esters is 1. The monoisotopic (exact) mass is 275 g/mol. The number of nitrogens with zero attached hydrogens (tertiary/aromatic N) is 2. The van der Waals surface area contributed by atoms with Crippen LogP contribution in [0.2, 0.25) is 0 Å². The van der Waals surface area contributed by atoms with Crippen LogP contribution >= 0.6 is 11.8 Å². The second kappa shape index (κ2) is 5.71. The largest absolute Gasteiger partial charge is 0.465 e. The fraction of sp³-hybridized carbons (Fsp3) is 0.154. The Hall–Kier alpha value is -2.08. The molecule has 0 saturated carbocycles. The van der Waals surface area contributed by atoms with Crippen molar-refractivity contribution in [2.75, 3.05) is 12.8 Å². The Labute approximate surface area is 115 Å². The molecule has 2 N–H and O–H groups in total. The summed E-state index contributed by atoms with van der Waals surface area (Å²) in [5, 5.41) is 1.43. The Morgan fingerprint density at radius 3 is 2.79 bits per heavy atom. The van der Waals surface area contributed by atoms with Gasteiger partial charge in [0.15, 0.2) is 0 Å². The number of ether oxygens (including phenoxy) is 1. The van der Waals surface area contributed by atoms with Gasteiger partial charge in [0.05, 0.1) is 24.1 Å². The van der Waals surface area contributed by atoms with Crippen LogP contribution in [0, 0.1) is 6.92 Å². The number of anilines is 1. The van der Waals surface area contributed by atoms with Gasteiger partial charge in [-0.2, -0.15) is 0 Å². The molecular weight excluding hydrogens is 262 g/mol. The summed E-state index contributed by atoms with van der Waals surface area (Å²) >= 11 is 1.36. The number of rotatable bonds is 3. The number of methoxy groups -OCH3 is 1. The molecule has 0 saturated heterocycles. The standard InChI is InChI=1S/C13H13N3O2S/c1-8-9(13(17)18-2)5-6-11(16-8)19-12-10(14)4-3-7-15-12/h3-7H,14H2,1-2H3. The molecule has 5 nitrogen and oxygen atoms in total. The van der Waals surface area contributed by atoms with E-state index in [-0.39, 0.29) is 5.97 Å². The van der Waals surface area contributed by atoms with Gasteiger partial charge in [0.2, 0.25) is 0 Å². The van der Waals surface area contributed by atoms with Gasteiger partial charge >= 0.3 is 5.97 Å². The zero-order valence-electron chi connectivity index (χ0n) is 10.6. The second-order valence-electron chi connectivity index (χ2n) is 3.77. The number of nitrogen functional groups attached to an aromatic ring is 1. The summed E-state index contributed by atoms with van der Waals surface area (Å²) in [7, 11) is 1.35. The molecule has 0 aliphatic carbocycles. The average molecular weight is 275 g/mol. The number of hydrogen-bond acceptors (Lipinski definition) is 6. The molecule has 0 aromatic carbocycles. The molecule has 0 spiro atoms. The number of aromatic nitrogens is 2. The number of hydrogen-bond donors (Lipinski definition) is 1. The molecule has 0 amide bonds. The van der Waals surface area contributed by atoms with Crippen LogP contribution in [-0.2, 0) is 4.74 Å². The smallest absolute Gasteiger partial charge is 0.339 e. The molecule has 98 valence electrons. The van der Waals surface area contributed by atoms with Crippen LogP contribution in [0.4, 0.5) is 5.69 Å². The first-order chi connectivity index (χ1) is 9.11. The Morgan fingerprint density at radius 2 is 2.16 bits per heavy atom. The van der Waals surface area contributed by atoms with Gasteiger partial charge in [-0.05, 0) is 43.0 Å². The fourth-order valence-electron chi connectivity index (χ4n) is 1.51. The van der Waals surface area contributed by atoms with E-state index in [2.05, 4.69) is 14.7 Å². The van der Waals surface area contributed by atoms with Gasteiger partial charge in [0.25, 0.3) is 0 Å². The van der Waals surface area contributed by atoms with Gasteiger partial charge in [0, 0.05) is 6.20 Å². The predicted octanol–water partition coefficient (Wildman–Crippen LogP) is 2.31. The van der Waals surface area contributed by atoms with Crippen LogP contribution in [0.25, 0.3) is 0 Å². The van der Waals surface area contributed by atoms with Crippen molar-refractivity contribution < 1.29 is 9.53 Å². The molecule has 6 heteroatoms. The van der Waals surface area contributed by atoms with Crippen molar-refractivity contribution in [1.82, 2.24) is 9.97 Å². The minimum Gasteiger partial charge on any atom is -0.465 e. The molecule has 2 aromatic rings. The maximum absolute atomic E-state index is 11.5. The fourth-order valence-corrected chi connectivity index (χ4v) is 2.32. The van der Waals surface area contributed by atoms with Gasteiger partial charge in [0.1, 0.15) is 10.1 Å². The summed E-state index contributed by atoms with van der Waals surface area (Å²) in [6.07, 6.45) is 1.67. The lowest BCUT2D eigenvalue weighted by Crippen LogP contribution is -2.05. The minimum absolute atomic E-state index is 0.390. The highest BCUT2D eigenvalue weighted by atomic mass is 32.2. The maximum Gasteiger partial charge on any atom is 0.339 e. The molecule has 0 atom stereocenters. The Kier molecular flexibility index (Phi) is 4.01. The summed E-state index contributed by atoms with van der Waals surface area (Å²) < 4.78 is 4.68. The van der Waals surface area contributed by atoms with Crippen molar-refractivity contribution in [1.29, 1.82) is 0 Å². The molecule has 0 aliphatic heterocycles. The van der Waals surface area contributed by atoms with E-state index in [0.29, 0.717) is 22.0 Å². The zero-order chi connectivity index (χ0) is 13.8. The number of nitrogens with two attached hydrogens (primary N) is 1. The summed E-state index contributed by atoms with van der Waals surface area (Å²) in [5.74, 6) is -0.390. The van der Waals surface area contributed by atoms with Gasteiger partial charge in [-0.25, -0.2) is 14.8 Å². The normalized spacial score (nSPS) is 10.2.